The van der Waals surface area contributed by atoms with E-state index in [1.807, 2.05) is 48.7 Å². The van der Waals surface area contributed by atoms with Gasteiger partial charge in [-0.1, -0.05) is 55.5 Å². The van der Waals surface area contributed by atoms with Crippen molar-refractivity contribution >= 4 is 22.6 Å². The van der Waals surface area contributed by atoms with Gasteiger partial charge in [0.15, 0.2) is 6.04 Å². The molecule has 2 aromatic heterocycles. The Hall–Kier alpha value is -4.40. The summed E-state index contributed by atoms with van der Waals surface area (Å²) in [5.74, 6) is -1.08. The monoisotopic (exact) mass is 474 g/mol. The van der Waals surface area contributed by atoms with Gasteiger partial charge in [-0.15, -0.1) is 0 Å². The summed E-state index contributed by atoms with van der Waals surface area (Å²) in [6.07, 6.45) is 2.27. The number of H-pyrrole nitrogens is 2. The summed E-state index contributed by atoms with van der Waals surface area (Å²) in [6, 6.07) is 15.8. The molecule has 0 aliphatic heterocycles. The van der Waals surface area contributed by atoms with E-state index in [-0.39, 0.29) is 30.7 Å². The van der Waals surface area contributed by atoms with Gasteiger partial charge in [-0.25, -0.2) is 9.59 Å². The lowest BCUT2D eigenvalue weighted by Crippen LogP contribution is -2.35. The Morgan fingerprint density at radius 2 is 1.83 bits per heavy atom. The molecule has 0 saturated carbocycles. The average Bonchev–Trinajstić information content (AvgIpc) is 3.28. The van der Waals surface area contributed by atoms with Crippen LogP contribution in [-0.2, 0) is 22.5 Å². The van der Waals surface area contributed by atoms with Gasteiger partial charge in [-0.3, -0.25) is 19.3 Å². The maximum absolute atomic E-state index is 12.7. The van der Waals surface area contributed by atoms with Crippen LogP contribution >= 0.6 is 0 Å². The molecule has 9 nitrogen and oxygen atoms in total. The summed E-state index contributed by atoms with van der Waals surface area (Å²) in [4.78, 5) is 47.8. The zero-order chi connectivity index (χ0) is 24.9. The molecule has 0 spiro atoms. The van der Waals surface area contributed by atoms with E-state index in [9.17, 15) is 19.5 Å². The van der Waals surface area contributed by atoms with Crippen LogP contribution in [0.2, 0.25) is 0 Å². The van der Waals surface area contributed by atoms with E-state index >= 15 is 0 Å². The van der Waals surface area contributed by atoms with Crippen molar-refractivity contribution in [1.29, 1.82) is 0 Å². The quantitative estimate of drug-likeness (QED) is 0.267. The van der Waals surface area contributed by atoms with E-state index in [0.29, 0.717) is 0 Å². The number of rotatable bonds is 8. The van der Waals surface area contributed by atoms with E-state index in [0.717, 1.165) is 26.6 Å². The Labute approximate surface area is 200 Å². The largest absolute Gasteiger partial charge is 0.494 e. The molecular formula is C26H26N4O5. The fourth-order valence-corrected chi connectivity index (χ4v) is 4.08. The molecule has 0 aliphatic rings. The van der Waals surface area contributed by atoms with Crippen molar-refractivity contribution in [1.82, 2.24) is 14.5 Å². The summed E-state index contributed by atoms with van der Waals surface area (Å²) >= 11 is 0. The number of nitrogens with zero attached hydrogens (tertiary/aromatic N) is 2. The molecule has 180 valence electrons. The van der Waals surface area contributed by atoms with E-state index in [1.54, 1.807) is 19.1 Å². The number of aliphatic imine (C=N–C) groups is 1. The number of aromatic amines is 2. The normalized spacial score (nSPS) is 12.6. The molecule has 4 rings (SSSR count). The highest BCUT2D eigenvalue weighted by atomic mass is 16.5. The number of carbonyl (C=O) groups is 1. The second kappa shape index (κ2) is 10.3. The molecule has 0 saturated heterocycles. The van der Waals surface area contributed by atoms with Gasteiger partial charge in [0, 0.05) is 23.5 Å². The Bertz CT molecular complexity index is 1500. The van der Waals surface area contributed by atoms with Crippen LogP contribution in [0.15, 0.2) is 75.4 Å². The molecule has 2 aromatic carbocycles. The maximum Gasteiger partial charge on any atom is 0.331 e. The summed E-state index contributed by atoms with van der Waals surface area (Å²) in [7, 11) is 1.27. The van der Waals surface area contributed by atoms with Crippen molar-refractivity contribution < 1.29 is 14.6 Å². The standard InChI is InChI=1S/C26H26N4O5/c1-3-19(22-23(31)29-26(34)30(24(22)32)15-16-9-5-4-6-10-16)28-21(25(33)35-2)13-17-14-27-20-12-8-7-11-18(17)20/h4-12,14,21,27,32H,3,13,15H2,1-2H3,(H,29,31,34)/t21-/m0/s1. The van der Waals surface area contributed by atoms with Crippen LogP contribution in [0.1, 0.15) is 30.0 Å². The van der Waals surface area contributed by atoms with Crippen molar-refractivity contribution in [2.24, 2.45) is 4.99 Å². The fraction of sp³-hybridized carbons (Fsp3) is 0.231. The first-order valence-corrected chi connectivity index (χ1v) is 11.2. The lowest BCUT2D eigenvalue weighted by atomic mass is 10.0. The summed E-state index contributed by atoms with van der Waals surface area (Å²) in [5.41, 5.74) is 1.10. The van der Waals surface area contributed by atoms with Crippen molar-refractivity contribution in [2.75, 3.05) is 7.11 Å². The number of benzene rings is 2. The number of esters is 1. The number of carbonyl (C=O) groups excluding carboxylic acids is 1. The molecule has 0 radical (unpaired) electrons. The van der Waals surface area contributed by atoms with E-state index in [2.05, 4.69) is 15.0 Å². The number of hydrogen-bond donors (Lipinski definition) is 3. The van der Waals surface area contributed by atoms with Gasteiger partial charge in [-0.05, 0) is 23.6 Å². The number of hydrogen-bond acceptors (Lipinski definition) is 6. The number of methoxy groups -OCH3 is 1. The molecule has 0 fully saturated rings. The summed E-state index contributed by atoms with van der Waals surface area (Å²) in [6.45, 7) is 1.81. The van der Waals surface area contributed by atoms with E-state index in [4.69, 9.17) is 4.74 Å². The molecule has 1 atom stereocenters. The Morgan fingerprint density at radius 1 is 1.11 bits per heavy atom. The predicted octanol–water partition coefficient (Wildman–Crippen LogP) is 2.76. The highest BCUT2D eigenvalue weighted by Crippen LogP contribution is 2.22. The average molecular weight is 475 g/mol. The number of para-hydroxylation sites is 1. The van der Waals surface area contributed by atoms with E-state index < -0.39 is 29.1 Å². The maximum atomic E-state index is 12.7. The Kier molecular flexibility index (Phi) is 6.96. The number of nitrogens with one attached hydrogen (secondary N) is 2. The Morgan fingerprint density at radius 3 is 2.54 bits per heavy atom. The van der Waals surface area contributed by atoms with Crippen LogP contribution in [0.25, 0.3) is 10.9 Å². The van der Waals surface area contributed by atoms with Crippen molar-refractivity contribution in [3.05, 3.63) is 98.3 Å². The zero-order valence-corrected chi connectivity index (χ0v) is 19.4. The van der Waals surface area contributed by atoms with Gasteiger partial charge in [0.05, 0.1) is 19.4 Å². The van der Waals surface area contributed by atoms with Gasteiger partial charge < -0.3 is 14.8 Å². The second-order valence-corrected chi connectivity index (χ2v) is 8.06. The van der Waals surface area contributed by atoms with Crippen molar-refractivity contribution in [2.45, 2.75) is 32.4 Å². The molecule has 3 N–H and O–H groups in total. The smallest absolute Gasteiger partial charge is 0.331 e. The van der Waals surface area contributed by atoms with Crippen molar-refractivity contribution in [3.63, 3.8) is 0 Å². The molecule has 0 bridgehead atoms. The molecular weight excluding hydrogens is 448 g/mol. The Balaban J connectivity index is 1.77. The third kappa shape index (κ3) is 4.93. The van der Waals surface area contributed by atoms with Crippen molar-refractivity contribution in [3.8, 4) is 5.88 Å². The van der Waals surface area contributed by atoms with Gasteiger partial charge in [0.1, 0.15) is 5.56 Å². The minimum atomic E-state index is -0.956. The first kappa shape index (κ1) is 23.7. The zero-order valence-electron chi connectivity index (χ0n) is 19.4. The number of aromatic hydroxyl groups is 1. The molecule has 9 heteroatoms. The number of aromatic nitrogens is 3. The SMILES string of the molecule is CCC(=N[C@@H](Cc1c[nH]c2ccccc12)C(=O)OC)c1c(O)n(Cc2ccccc2)c(=O)[nH]c1=O. The highest BCUT2D eigenvalue weighted by Gasteiger charge is 2.24. The molecule has 4 aromatic rings. The summed E-state index contributed by atoms with van der Waals surface area (Å²) < 4.78 is 6.05. The number of fused-ring (bicyclic) bond motifs is 1. The molecule has 0 unspecified atom stereocenters. The fourth-order valence-electron chi connectivity index (χ4n) is 4.08. The topological polar surface area (TPSA) is 130 Å². The van der Waals surface area contributed by atoms with Gasteiger partial charge in [0.2, 0.25) is 5.88 Å². The molecule has 0 amide bonds. The van der Waals surface area contributed by atoms with Crippen LogP contribution < -0.4 is 11.2 Å². The third-order valence-corrected chi connectivity index (χ3v) is 5.85. The lowest BCUT2D eigenvalue weighted by Gasteiger charge is -2.15. The minimum Gasteiger partial charge on any atom is -0.494 e. The van der Waals surface area contributed by atoms with Gasteiger partial charge >= 0.3 is 11.7 Å². The van der Waals surface area contributed by atoms with Crippen LogP contribution in [-0.4, -0.2) is 44.5 Å². The van der Waals surface area contributed by atoms with Gasteiger partial charge in [0.25, 0.3) is 5.56 Å². The minimum absolute atomic E-state index is 0.0576. The molecule has 35 heavy (non-hydrogen) atoms. The van der Waals surface area contributed by atoms with E-state index in [1.165, 1.54) is 7.11 Å². The van der Waals surface area contributed by atoms with Crippen LogP contribution in [0.3, 0.4) is 0 Å². The highest BCUT2D eigenvalue weighted by molar-refractivity contribution is 6.03. The first-order chi connectivity index (χ1) is 16.9. The third-order valence-electron chi connectivity index (χ3n) is 5.85. The van der Waals surface area contributed by atoms with Crippen LogP contribution in [0.5, 0.6) is 5.88 Å². The van der Waals surface area contributed by atoms with Gasteiger partial charge in [-0.2, -0.15) is 0 Å². The second-order valence-electron chi connectivity index (χ2n) is 8.06. The lowest BCUT2D eigenvalue weighted by molar-refractivity contribution is -0.142. The molecule has 2 heterocycles. The summed E-state index contributed by atoms with van der Waals surface area (Å²) in [5, 5.41) is 11.9. The van der Waals surface area contributed by atoms with Crippen LogP contribution in [0, 0.1) is 0 Å². The first-order valence-electron chi connectivity index (χ1n) is 11.2. The predicted molar refractivity (Wildman–Crippen MR) is 133 cm³/mol. The van der Waals surface area contributed by atoms with Crippen LogP contribution in [0.4, 0.5) is 0 Å². The molecule has 0 aliphatic carbocycles. The number of ether oxygens (including phenoxy) is 1.